The largest absolute Gasteiger partial charge is 0.298 e. The second kappa shape index (κ2) is 9.98. The molecule has 1 aliphatic heterocycles. The summed E-state index contributed by atoms with van der Waals surface area (Å²) < 4.78 is 27.7. The van der Waals surface area contributed by atoms with Gasteiger partial charge in [-0.1, -0.05) is 31.2 Å². The maximum absolute atomic E-state index is 13.1. The zero-order valence-electron chi connectivity index (χ0n) is 17.3. The van der Waals surface area contributed by atoms with Crippen LogP contribution in [0.5, 0.6) is 0 Å². The van der Waals surface area contributed by atoms with Crippen LogP contribution in [0.4, 0.5) is 0 Å². The van der Waals surface area contributed by atoms with Crippen LogP contribution in [-0.4, -0.2) is 49.6 Å². The highest BCUT2D eigenvalue weighted by molar-refractivity contribution is 7.89. The number of carbonyl (C=O) groups excluding carboxylic acids is 1. The minimum atomic E-state index is -3.59. The van der Waals surface area contributed by atoms with Crippen molar-refractivity contribution in [3.8, 4) is 6.07 Å². The summed E-state index contributed by atoms with van der Waals surface area (Å²) in [5.41, 5.74) is 2.30. The molecule has 0 aliphatic carbocycles. The van der Waals surface area contributed by atoms with Crippen molar-refractivity contribution >= 4 is 15.8 Å². The van der Waals surface area contributed by atoms with Gasteiger partial charge in [-0.25, -0.2) is 8.42 Å². The second-order valence-corrected chi connectivity index (χ2v) is 9.48. The summed E-state index contributed by atoms with van der Waals surface area (Å²) in [6, 6.07) is 15.9. The van der Waals surface area contributed by atoms with Crippen molar-refractivity contribution in [2.75, 3.05) is 26.2 Å². The molecule has 0 radical (unpaired) electrons. The first-order chi connectivity index (χ1) is 14.4. The molecule has 1 fully saturated rings. The predicted molar refractivity (Wildman–Crippen MR) is 115 cm³/mol. The number of carbonyl (C=O) groups is 1. The summed E-state index contributed by atoms with van der Waals surface area (Å²) in [5, 5.41) is 8.91. The van der Waals surface area contributed by atoms with Gasteiger partial charge in [-0.05, 0) is 49.2 Å². The Bertz CT molecular complexity index is 1010. The van der Waals surface area contributed by atoms with Crippen molar-refractivity contribution in [3.63, 3.8) is 0 Å². The fourth-order valence-corrected chi connectivity index (χ4v) is 5.09. The van der Waals surface area contributed by atoms with E-state index in [4.69, 9.17) is 5.26 Å². The quantitative estimate of drug-likeness (QED) is 0.635. The number of hydrogen-bond donors (Lipinski definition) is 0. The van der Waals surface area contributed by atoms with Gasteiger partial charge in [0.05, 0.1) is 16.5 Å². The molecule has 7 heteroatoms. The van der Waals surface area contributed by atoms with Crippen molar-refractivity contribution < 1.29 is 13.2 Å². The van der Waals surface area contributed by atoms with Crippen LogP contribution < -0.4 is 0 Å². The van der Waals surface area contributed by atoms with Crippen LogP contribution in [0.25, 0.3) is 0 Å². The van der Waals surface area contributed by atoms with Gasteiger partial charge < -0.3 is 0 Å². The second-order valence-electron chi connectivity index (χ2n) is 7.54. The number of hydrogen-bond acceptors (Lipinski definition) is 5. The summed E-state index contributed by atoms with van der Waals surface area (Å²) in [7, 11) is -3.59. The molecule has 30 heavy (non-hydrogen) atoms. The minimum absolute atomic E-state index is 0.0367. The van der Waals surface area contributed by atoms with Gasteiger partial charge in [0.2, 0.25) is 10.0 Å². The molecule has 1 aliphatic rings. The standard InChI is InChI=1S/C23H27N3O3S/c1-2-4-23(27)21-9-11-22(12-10-21)30(28,29)26-14-3-13-25(15-16-26)18-20-7-5-19(17-24)6-8-20/h5-12H,2-4,13-16,18H2,1H3. The number of Topliss-reactive ketones (excluding diaryl/α,β-unsaturated/α-hetero) is 1. The maximum atomic E-state index is 13.1. The van der Waals surface area contributed by atoms with Crippen LogP contribution in [0.3, 0.4) is 0 Å². The maximum Gasteiger partial charge on any atom is 0.243 e. The molecule has 0 unspecified atom stereocenters. The lowest BCUT2D eigenvalue weighted by Gasteiger charge is -2.22. The van der Waals surface area contributed by atoms with Gasteiger partial charge in [-0.3, -0.25) is 9.69 Å². The molecule has 1 saturated heterocycles. The number of rotatable bonds is 7. The average Bonchev–Trinajstić information content (AvgIpc) is 3.01. The molecule has 3 rings (SSSR count). The third-order valence-corrected chi connectivity index (χ3v) is 7.24. The lowest BCUT2D eigenvalue weighted by Crippen LogP contribution is -2.35. The molecule has 0 N–H and O–H groups in total. The number of nitriles is 1. The topological polar surface area (TPSA) is 81.5 Å². The van der Waals surface area contributed by atoms with E-state index >= 15 is 0 Å². The van der Waals surface area contributed by atoms with Crippen LogP contribution in [0.1, 0.15) is 47.7 Å². The first-order valence-electron chi connectivity index (χ1n) is 10.3. The van der Waals surface area contributed by atoms with Gasteiger partial charge in [-0.15, -0.1) is 0 Å². The van der Waals surface area contributed by atoms with Crippen molar-refractivity contribution in [3.05, 3.63) is 65.2 Å². The normalized spacial score (nSPS) is 16.0. The number of benzene rings is 2. The summed E-state index contributed by atoms with van der Waals surface area (Å²) >= 11 is 0. The molecule has 0 amide bonds. The van der Waals surface area contributed by atoms with Gasteiger partial charge in [0.25, 0.3) is 0 Å². The van der Waals surface area contributed by atoms with Gasteiger partial charge in [0.1, 0.15) is 0 Å². The molecule has 0 bridgehead atoms. The Hall–Kier alpha value is -2.53. The van der Waals surface area contributed by atoms with Gasteiger partial charge in [0.15, 0.2) is 5.78 Å². The van der Waals surface area contributed by atoms with E-state index in [1.807, 2.05) is 19.1 Å². The van der Waals surface area contributed by atoms with Crippen LogP contribution >= 0.6 is 0 Å². The summed E-state index contributed by atoms with van der Waals surface area (Å²) in [6.07, 6.45) is 1.99. The SMILES string of the molecule is CCCC(=O)c1ccc(S(=O)(=O)N2CCCN(Cc3ccc(C#N)cc3)CC2)cc1. The van der Waals surface area contributed by atoms with Crippen LogP contribution in [0, 0.1) is 11.3 Å². The van der Waals surface area contributed by atoms with Gasteiger partial charge in [0, 0.05) is 38.2 Å². The fraction of sp³-hybridized carbons (Fsp3) is 0.391. The van der Waals surface area contributed by atoms with Crippen molar-refractivity contribution in [2.24, 2.45) is 0 Å². The lowest BCUT2D eigenvalue weighted by atomic mass is 10.1. The number of ketones is 1. The first kappa shape index (κ1) is 22.2. The monoisotopic (exact) mass is 425 g/mol. The Morgan fingerprint density at radius 3 is 2.33 bits per heavy atom. The summed E-state index contributed by atoms with van der Waals surface area (Å²) in [4.78, 5) is 14.5. The highest BCUT2D eigenvalue weighted by atomic mass is 32.2. The van der Waals surface area contributed by atoms with Crippen LogP contribution in [0.2, 0.25) is 0 Å². The molecule has 1 heterocycles. The molecule has 158 valence electrons. The molecule has 2 aromatic carbocycles. The Morgan fingerprint density at radius 2 is 1.70 bits per heavy atom. The van der Waals surface area contributed by atoms with E-state index in [1.165, 1.54) is 16.4 Å². The Balaban J connectivity index is 1.64. The van der Waals surface area contributed by atoms with Crippen LogP contribution in [0.15, 0.2) is 53.4 Å². The smallest absolute Gasteiger partial charge is 0.243 e. The van der Waals surface area contributed by atoms with Gasteiger partial charge in [-0.2, -0.15) is 9.57 Å². The zero-order valence-corrected chi connectivity index (χ0v) is 18.1. The van der Waals surface area contributed by atoms with Crippen molar-refractivity contribution in [2.45, 2.75) is 37.6 Å². The highest BCUT2D eigenvalue weighted by Crippen LogP contribution is 2.20. The van der Waals surface area contributed by atoms with E-state index in [1.54, 1.807) is 24.3 Å². The van der Waals surface area contributed by atoms with E-state index in [-0.39, 0.29) is 10.7 Å². The van der Waals surface area contributed by atoms with Crippen molar-refractivity contribution in [1.29, 1.82) is 5.26 Å². The third kappa shape index (κ3) is 5.33. The Morgan fingerprint density at radius 1 is 1.00 bits per heavy atom. The van der Waals surface area contributed by atoms with Gasteiger partial charge >= 0.3 is 0 Å². The summed E-state index contributed by atoms with van der Waals surface area (Å²) in [6.45, 7) is 5.04. The van der Waals surface area contributed by atoms with E-state index in [0.717, 1.165) is 31.5 Å². The zero-order chi connectivity index (χ0) is 21.6. The highest BCUT2D eigenvalue weighted by Gasteiger charge is 2.27. The molecular weight excluding hydrogens is 398 g/mol. The molecule has 0 spiro atoms. The molecule has 6 nitrogen and oxygen atoms in total. The number of sulfonamides is 1. The average molecular weight is 426 g/mol. The lowest BCUT2D eigenvalue weighted by molar-refractivity contribution is 0.0981. The van der Waals surface area contributed by atoms with E-state index < -0.39 is 10.0 Å². The first-order valence-corrected chi connectivity index (χ1v) is 11.7. The predicted octanol–water partition coefficient (Wildman–Crippen LogP) is 3.44. The molecule has 0 aromatic heterocycles. The minimum Gasteiger partial charge on any atom is -0.298 e. The Kier molecular flexibility index (Phi) is 7.38. The molecule has 2 aromatic rings. The Labute approximate surface area is 178 Å². The van der Waals surface area contributed by atoms with E-state index in [0.29, 0.717) is 37.2 Å². The van der Waals surface area contributed by atoms with E-state index in [2.05, 4.69) is 11.0 Å². The van der Waals surface area contributed by atoms with E-state index in [9.17, 15) is 13.2 Å². The van der Waals surface area contributed by atoms with Crippen molar-refractivity contribution in [1.82, 2.24) is 9.21 Å². The van der Waals surface area contributed by atoms with Crippen LogP contribution in [-0.2, 0) is 16.6 Å². The third-order valence-electron chi connectivity index (χ3n) is 5.33. The summed E-state index contributed by atoms with van der Waals surface area (Å²) in [5.74, 6) is 0.0367. The fourth-order valence-electron chi connectivity index (χ4n) is 3.62. The molecular formula is C23H27N3O3S. The molecule has 0 saturated carbocycles. The number of nitrogens with zero attached hydrogens (tertiary/aromatic N) is 3. The molecule has 0 atom stereocenters.